The minimum Gasteiger partial charge on any atom is -0.284 e. The Labute approximate surface area is 105 Å². The van der Waals surface area contributed by atoms with E-state index in [9.17, 15) is 8.76 Å². The number of hydrogen-bond donors (Lipinski definition) is 0. The van der Waals surface area contributed by atoms with E-state index in [1.54, 1.807) is 0 Å². The predicted molar refractivity (Wildman–Crippen MR) is 67.6 cm³/mol. The molecule has 0 amide bonds. The Kier molecular flexibility index (Phi) is 9.86. The van der Waals surface area contributed by atoms with Gasteiger partial charge in [-0.2, -0.15) is 0 Å². The zero-order chi connectivity index (χ0) is 10.2. The molecule has 0 bridgehead atoms. The van der Waals surface area contributed by atoms with Crippen molar-refractivity contribution in [2.24, 2.45) is 0 Å². The molecule has 0 rings (SSSR count). The molecule has 0 unspecified atom stereocenters. The van der Waals surface area contributed by atoms with Gasteiger partial charge in [0.05, 0.1) is 13.2 Å². The Morgan fingerprint density at radius 2 is 1.46 bits per heavy atom. The molecule has 0 atom stereocenters. The van der Waals surface area contributed by atoms with Crippen molar-refractivity contribution in [2.45, 2.75) is 12.8 Å². The van der Waals surface area contributed by atoms with Gasteiger partial charge in [-0.3, -0.25) is 9.05 Å². The Morgan fingerprint density at radius 3 is 1.77 bits per heavy atom. The second kappa shape index (κ2) is 8.82. The van der Waals surface area contributed by atoms with Gasteiger partial charge < -0.3 is 0 Å². The van der Waals surface area contributed by atoms with Crippen LogP contribution in [0.2, 0.25) is 0 Å². The first-order valence-electron chi connectivity index (χ1n) is 3.83. The summed E-state index contributed by atoms with van der Waals surface area (Å²) in [5.74, 6) is 0. The van der Waals surface area contributed by atoms with Crippen molar-refractivity contribution < 1.29 is 17.8 Å². The molecule has 0 aliphatic rings. The molecule has 0 heterocycles. The van der Waals surface area contributed by atoms with Gasteiger partial charge in [-0.05, 0) is 12.8 Å². The van der Waals surface area contributed by atoms with E-state index in [-0.39, 0.29) is 13.2 Å². The van der Waals surface area contributed by atoms with Crippen LogP contribution < -0.4 is 0 Å². The molecule has 0 aromatic carbocycles. The van der Waals surface area contributed by atoms with Crippen LogP contribution in [-0.4, -0.2) is 22.1 Å². The summed E-state index contributed by atoms with van der Waals surface area (Å²) >= 11 is 4.28. The summed E-state index contributed by atoms with van der Waals surface area (Å²) in [5, 5.41) is 0. The Balaban J connectivity index is 3.49. The Morgan fingerprint density at radius 1 is 1.08 bits per heavy atom. The zero-order valence-electron chi connectivity index (χ0n) is 7.05. The highest BCUT2D eigenvalue weighted by Crippen LogP contribution is 2.49. The van der Waals surface area contributed by atoms with Gasteiger partial charge >= 0.3 is 7.91 Å². The highest BCUT2D eigenvalue weighted by Gasteiger charge is 2.22. The third-order valence-corrected chi connectivity index (χ3v) is 3.55. The first kappa shape index (κ1) is 14.5. The molecule has 13 heavy (non-hydrogen) atoms. The molecular weight excluding hydrogens is 424 g/mol. The largest absolute Gasteiger partial charge is 0.513 e. The molecule has 0 spiro atoms. The van der Waals surface area contributed by atoms with E-state index < -0.39 is 7.91 Å². The van der Waals surface area contributed by atoms with Gasteiger partial charge in [0.15, 0.2) is 0 Å². The quantitative estimate of drug-likeness (QED) is 0.252. The smallest absolute Gasteiger partial charge is 0.284 e. The molecule has 0 saturated heterocycles. The van der Waals surface area contributed by atoms with E-state index in [4.69, 9.17) is 0 Å². The SMILES string of the molecule is O=P(F)(OCCCI)OCCCI. The second-order valence-electron chi connectivity index (χ2n) is 2.18. The lowest BCUT2D eigenvalue weighted by atomic mass is 10.5. The lowest BCUT2D eigenvalue weighted by molar-refractivity contribution is 0.176. The minimum absolute atomic E-state index is 0.154. The van der Waals surface area contributed by atoms with E-state index in [1.165, 1.54) is 0 Å². The van der Waals surface area contributed by atoms with Gasteiger partial charge in [-0.15, -0.1) is 4.20 Å². The molecule has 7 heteroatoms. The molecular formula is C6H12FI2O3P. The number of rotatable bonds is 8. The second-order valence-corrected chi connectivity index (χ2v) is 5.72. The third-order valence-electron chi connectivity index (χ3n) is 1.05. The zero-order valence-corrected chi connectivity index (χ0v) is 12.3. The van der Waals surface area contributed by atoms with Crippen molar-refractivity contribution in [3.63, 3.8) is 0 Å². The summed E-state index contributed by atoms with van der Waals surface area (Å²) in [6, 6.07) is 0. The highest BCUT2D eigenvalue weighted by molar-refractivity contribution is 14.1. The molecule has 0 saturated carbocycles. The molecule has 0 radical (unpaired) electrons. The molecule has 0 aliphatic carbocycles. The molecule has 0 fully saturated rings. The summed E-state index contributed by atoms with van der Waals surface area (Å²) in [7, 11) is -4.26. The topological polar surface area (TPSA) is 35.5 Å². The first-order chi connectivity index (χ1) is 6.12. The molecule has 3 nitrogen and oxygen atoms in total. The predicted octanol–water partition coefficient (Wildman–Crippen LogP) is 3.75. The van der Waals surface area contributed by atoms with Crippen LogP contribution in [0.4, 0.5) is 4.20 Å². The van der Waals surface area contributed by atoms with Gasteiger partial charge in [0.1, 0.15) is 0 Å². The van der Waals surface area contributed by atoms with Crippen molar-refractivity contribution in [3.05, 3.63) is 0 Å². The maximum Gasteiger partial charge on any atom is 0.513 e. The summed E-state index contributed by atoms with van der Waals surface area (Å²) in [6.07, 6.45) is 1.37. The average molecular weight is 436 g/mol. The monoisotopic (exact) mass is 436 g/mol. The Hall–Kier alpha value is 1.54. The lowest BCUT2D eigenvalue weighted by Crippen LogP contribution is -1.96. The van der Waals surface area contributed by atoms with Gasteiger partial charge in [-0.1, -0.05) is 45.2 Å². The number of alkyl halides is 2. The number of hydrogen-bond acceptors (Lipinski definition) is 3. The first-order valence-corrected chi connectivity index (χ1v) is 8.31. The summed E-state index contributed by atoms with van der Waals surface area (Å²) in [6.45, 7) is 0.307. The summed E-state index contributed by atoms with van der Waals surface area (Å²) in [4.78, 5) is 0. The normalized spacial score (nSPS) is 11.9. The van der Waals surface area contributed by atoms with E-state index in [1.807, 2.05) is 0 Å². The third kappa shape index (κ3) is 9.84. The lowest BCUT2D eigenvalue weighted by Gasteiger charge is -2.08. The van der Waals surface area contributed by atoms with Gasteiger partial charge in [0.25, 0.3) is 0 Å². The van der Waals surface area contributed by atoms with Crippen LogP contribution in [0.5, 0.6) is 0 Å². The van der Waals surface area contributed by atoms with Gasteiger partial charge in [0.2, 0.25) is 0 Å². The molecule has 0 aromatic heterocycles. The van der Waals surface area contributed by atoms with Crippen molar-refractivity contribution in [1.29, 1.82) is 0 Å². The fourth-order valence-electron chi connectivity index (χ4n) is 0.494. The van der Waals surface area contributed by atoms with E-state index in [2.05, 4.69) is 54.2 Å². The maximum absolute atomic E-state index is 12.8. The fraction of sp³-hybridized carbons (Fsp3) is 1.00. The molecule has 0 N–H and O–H groups in total. The summed E-state index contributed by atoms with van der Waals surface area (Å²) < 4.78 is 34.3. The van der Waals surface area contributed by atoms with Crippen molar-refractivity contribution in [1.82, 2.24) is 0 Å². The van der Waals surface area contributed by atoms with Crippen LogP contribution in [0.1, 0.15) is 12.8 Å². The van der Waals surface area contributed by atoms with Crippen LogP contribution in [0, 0.1) is 0 Å². The van der Waals surface area contributed by atoms with Crippen LogP contribution in [0.15, 0.2) is 0 Å². The van der Waals surface area contributed by atoms with Crippen LogP contribution in [-0.2, 0) is 13.6 Å². The van der Waals surface area contributed by atoms with Crippen molar-refractivity contribution in [2.75, 3.05) is 22.1 Å². The van der Waals surface area contributed by atoms with Gasteiger partial charge in [-0.25, -0.2) is 4.57 Å². The van der Waals surface area contributed by atoms with Crippen LogP contribution in [0.25, 0.3) is 0 Å². The van der Waals surface area contributed by atoms with E-state index >= 15 is 0 Å². The molecule has 80 valence electrons. The van der Waals surface area contributed by atoms with Gasteiger partial charge in [0, 0.05) is 8.86 Å². The average Bonchev–Trinajstić information content (AvgIpc) is 2.05. The highest BCUT2D eigenvalue weighted by atomic mass is 127. The maximum atomic E-state index is 12.8. The fourth-order valence-corrected chi connectivity index (χ4v) is 1.89. The van der Waals surface area contributed by atoms with E-state index in [0.717, 1.165) is 8.86 Å². The number of halogens is 3. The van der Waals surface area contributed by atoms with Crippen molar-refractivity contribution in [3.8, 4) is 0 Å². The molecule has 0 aliphatic heterocycles. The minimum atomic E-state index is -4.26. The van der Waals surface area contributed by atoms with Crippen molar-refractivity contribution >= 4 is 53.1 Å². The molecule has 0 aromatic rings. The van der Waals surface area contributed by atoms with Crippen LogP contribution in [0.3, 0.4) is 0 Å². The van der Waals surface area contributed by atoms with E-state index in [0.29, 0.717) is 12.8 Å². The van der Waals surface area contributed by atoms with Crippen LogP contribution >= 0.6 is 53.1 Å². The Bertz CT molecular complexity index is 156. The summed E-state index contributed by atoms with van der Waals surface area (Å²) in [5.41, 5.74) is 0. The standard InChI is InChI=1S/C6H12FI2O3P/c7-13(10,11-5-1-3-8)12-6-2-4-9/h1-6H2.